The summed E-state index contributed by atoms with van der Waals surface area (Å²) >= 11 is 5.80. The van der Waals surface area contributed by atoms with Crippen LogP contribution < -0.4 is 15.4 Å². The number of rotatable bonds is 6. The third-order valence-electron chi connectivity index (χ3n) is 5.01. The van der Waals surface area contributed by atoms with E-state index >= 15 is 0 Å². The average Bonchev–Trinajstić information content (AvgIpc) is 2.82. The van der Waals surface area contributed by atoms with Crippen LogP contribution in [0.15, 0.2) is 24.3 Å². The lowest BCUT2D eigenvalue weighted by atomic mass is 9.90. The minimum atomic E-state index is -0.814. The number of halogens is 1. The lowest BCUT2D eigenvalue weighted by molar-refractivity contribution is -0.135. The first-order chi connectivity index (χ1) is 13.0. The Labute approximate surface area is 163 Å². The number of benzene rings is 1. The van der Waals surface area contributed by atoms with E-state index in [9.17, 15) is 14.4 Å². The first-order valence-corrected chi connectivity index (χ1v) is 9.67. The van der Waals surface area contributed by atoms with E-state index in [1.807, 2.05) is 0 Å². The molecule has 8 heteroatoms. The summed E-state index contributed by atoms with van der Waals surface area (Å²) in [5.74, 6) is -0.0103. The number of hydrogen-bond acceptors (Lipinski definition) is 4. The highest BCUT2D eigenvalue weighted by atomic mass is 35.5. The summed E-state index contributed by atoms with van der Waals surface area (Å²) in [5.41, 5.74) is -0.814. The topological polar surface area (TPSA) is 87.7 Å². The summed E-state index contributed by atoms with van der Waals surface area (Å²) in [7, 11) is 0. The zero-order valence-electron chi connectivity index (χ0n) is 15.1. The van der Waals surface area contributed by atoms with Gasteiger partial charge in [0.15, 0.2) is 0 Å². The van der Waals surface area contributed by atoms with Gasteiger partial charge in [-0.25, -0.2) is 4.79 Å². The molecule has 2 aliphatic rings. The van der Waals surface area contributed by atoms with Crippen molar-refractivity contribution in [3.05, 3.63) is 29.3 Å². The number of carbonyl (C=O) groups is 3. The van der Waals surface area contributed by atoms with Crippen LogP contribution in [0.25, 0.3) is 0 Å². The summed E-state index contributed by atoms with van der Waals surface area (Å²) in [4.78, 5) is 38.1. The number of urea groups is 1. The normalized spacial score (nSPS) is 18.9. The molecule has 1 heterocycles. The number of imide groups is 1. The molecule has 27 heavy (non-hydrogen) atoms. The Bertz CT molecular complexity index is 699. The Balaban J connectivity index is 1.45. The van der Waals surface area contributed by atoms with Gasteiger partial charge in [-0.2, -0.15) is 0 Å². The van der Waals surface area contributed by atoms with Crippen LogP contribution in [0.2, 0.25) is 5.02 Å². The highest BCUT2D eigenvalue weighted by Crippen LogP contribution is 2.32. The average molecular weight is 394 g/mol. The molecule has 1 saturated heterocycles. The molecular weight excluding hydrogens is 370 g/mol. The van der Waals surface area contributed by atoms with E-state index in [0.717, 1.165) is 30.6 Å². The predicted molar refractivity (Wildman–Crippen MR) is 101 cm³/mol. The molecule has 0 radical (unpaired) electrons. The minimum Gasteiger partial charge on any atom is -0.492 e. The van der Waals surface area contributed by atoms with Gasteiger partial charge in [0.25, 0.3) is 5.91 Å². The Morgan fingerprint density at radius 3 is 2.48 bits per heavy atom. The Kier molecular flexibility index (Phi) is 6.21. The molecule has 1 spiro atoms. The van der Waals surface area contributed by atoms with Gasteiger partial charge in [0, 0.05) is 5.02 Å². The maximum atomic E-state index is 12.8. The fraction of sp³-hybridized carbons (Fsp3) is 0.526. The standard InChI is InChI=1S/C19H24ClN3O4/c20-14-5-7-15(8-6-14)27-12-11-21-16(24)13-23-17(25)19(22-18(23)26)9-3-1-2-4-10-19/h5-8H,1-4,9-13H2,(H,21,24)(H,22,26). The molecule has 1 saturated carbocycles. The molecule has 3 rings (SSSR count). The van der Waals surface area contributed by atoms with Crippen LogP contribution in [-0.4, -0.2) is 48.0 Å². The molecule has 1 aliphatic carbocycles. The van der Waals surface area contributed by atoms with Crippen molar-refractivity contribution in [3.63, 3.8) is 0 Å². The van der Waals surface area contributed by atoms with E-state index in [0.29, 0.717) is 23.6 Å². The first-order valence-electron chi connectivity index (χ1n) is 9.29. The van der Waals surface area contributed by atoms with Crippen LogP contribution in [0.1, 0.15) is 38.5 Å². The van der Waals surface area contributed by atoms with Gasteiger partial charge in [-0.1, -0.05) is 37.3 Å². The Hall–Kier alpha value is -2.28. The number of carbonyl (C=O) groups excluding carboxylic acids is 3. The minimum absolute atomic E-state index is 0.270. The summed E-state index contributed by atoms with van der Waals surface area (Å²) in [6.45, 7) is 0.279. The van der Waals surface area contributed by atoms with Crippen LogP contribution in [0.5, 0.6) is 5.75 Å². The third kappa shape index (κ3) is 4.71. The predicted octanol–water partition coefficient (Wildman–Crippen LogP) is 2.48. The van der Waals surface area contributed by atoms with Crippen LogP contribution >= 0.6 is 11.6 Å². The molecule has 2 fully saturated rings. The van der Waals surface area contributed by atoms with Crippen molar-refractivity contribution in [2.45, 2.75) is 44.1 Å². The van der Waals surface area contributed by atoms with E-state index in [1.165, 1.54) is 0 Å². The fourth-order valence-corrected chi connectivity index (χ4v) is 3.71. The smallest absolute Gasteiger partial charge is 0.325 e. The Morgan fingerprint density at radius 1 is 1.15 bits per heavy atom. The van der Waals surface area contributed by atoms with E-state index in [1.54, 1.807) is 24.3 Å². The summed E-state index contributed by atoms with van der Waals surface area (Å²) in [5, 5.41) is 6.12. The van der Waals surface area contributed by atoms with Crippen LogP contribution in [-0.2, 0) is 9.59 Å². The summed E-state index contributed by atoms with van der Waals surface area (Å²) in [6.07, 6.45) is 5.25. The van der Waals surface area contributed by atoms with Gasteiger partial charge >= 0.3 is 6.03 Å². The lowest BCUT2D eigenvalue weighted by Gasteiger charge is -2.24. The van der Waals surface area contributed by atoms with Gasteiger partial charge in [0.05, 0.1) is 6.54 Å². The third-order valence-corrected chi connectivity index (χ3v) is 5.26. The largest absolute Gasteiger partial charge is 0.492 e. The number of nitrogens with one attached hydrogen (secondary N) is 2. The van der Waals surface area contributed by atoms with Crippen molar-refractivity contribution in [2.24, 2.45) is 0 Å². The van der Waals surface area contributed by atoms with Crippen molar-refractivity contribution in [2.75, 3.05) is 19.7 Å². The van der Waals surface area contributed by atoms with Crippen LogP contribution in [0.4, 0.5) is 4.79 Å². The highest BCUT2D eigenvalue weighted by Gasteiger charge is 2.50. The molecule has 0 atom stereocenters. The van der Waals surface area contributed by atoms with Crippen molar-refractivity contribution >= 4 is 29.4 Å². The second-order valence-corrected chi connectivity index (χ2v) is 7.41. The maximum Gasteiger partial charge on any atom is 0.325 e. The SMILES string of the molecule is O=C(CN1C(=O)NC2(CCCCCC2)C1=O)NCCOc1ccc(Cl)cc1. The molecule has 4 amide bonds. The van der Waals surface area contributed by atoms with E-state index in [-0.39, 0.29) is 31.5 Å². The molecule has 0 unspecified atom stereocenters. The zero-order valence-corrected chi connectivity index (χ0v) is 15.9. The summed E-state index contributed by atoms with van der Waals surface area (Å²) < 4.78 is 5.49. The number of amides is 4. The molecule has 146 valence electrons. The number of ether oxygens (including phenoxy) is 1. The van der Waals surface area contributed by atoms with Crippen LogP contribution in [0, 0.1) is 0 Å². The van der Waals surface area contributed by atoms with Gasteiger partial charge < -0.3 is 15.4 Å². The second-order valence-electron chi connectivity index (χ2n) is 6.97. The van der Waals surface area contributed by atoms with Crippen molar-refractivity contribution in [3.8, 4) is 5.75 Å². The molecule has 7 nitrogen and oxygen atoms in total. The highest BCUT2D eigenvalue weighted by molar-refractivity contribution is 6.30. The number of hydrogen-bond donors (Lipinski definition) is 2. The zero-order chi connectivity index (χ0) is 19.3. The molecule has 1 aromatic carbocycles. The molecule has 0 aromatic heterocycles. The van der Waals surface area contributed by atoms with Gasteiger partial charge in [0.1, 0.15) is 24.4 Å². The molecule has 1 aromatic rings. The molecular formula is C19H24ClN3O4. The molecule has 1 aliphatic heterocycles. The lowest BCUT2D eigenvalue weighted by Crippen LogP contribution is -2.47. The second kappa shape index (κ2) is 8.61. The monoisotopic (exact) mass is 393 g/mol. The maximum absolute atomic E-state index is 12.8. The van der Waals surface area contributed by atoms with Crippen molar-refractivity contribution in [1.29, 1.82) is 0 Å². The first kappa shape index (κ1) is 19.5. The van der Waals surface area contributed by atoms with Gasteiger partial charge in [-0.15, -0.1) is 0 Å². The van der Waals surface area contributed by atoms with Crippen molar-refractivity contribution in [1.82, 2.24) is 15.5 Å². The van der Waals surface area contributed by atoms with Crippen LogP contribution in [0.3, 0.4) is 0 Å². The summed E-state index contributed by atoms with van der Waals surface area (Å²) in [6, 6.07) is 6.44. The molecule has 2 N–H and O–H groups in total. The van der Waals surface area contributed by atoms with E-state index < -0.39 is 11.6 Å². The van der Waals surface area contributed by atoms with Gasteiger partial charge in [0.2, 0.25) is 5.91 Å². The number of nitrogens with zero attached hydrogens (tertiary/aromatic N) is 1. The van der Waals surface area contributed by atoms with Gasteiger partial charge in [-0.3, -0.25) is 14.5 Å². The van der Waals surface area contributed by atoms with E-state index in [2.05, 4.69) is 10.6 Å². The fourth-order valence-electron chi connectivity index (χ4n) is 3.58. The van der Waals surface area contributed by atoms with Crippen molar-refractivity contribution < 1.29 is 19.1 Å². The van der Waals surface area contributed by atoms with Gasteiger partial charge in [-0.05, 0) is 37.1 Å². The molecule has 0 bridgehead atoms. The Morgan fingerprint density at radius 2 is 1.81 bits per heavy atom. The van der Waals surface area contributed by atoms with E-state index in [4.69, 9.17) is 16.3 Å². The quantitative estimate of drug-likeness (QED) is 0.574.